The van der Waals surface area contributed by atoms with E-state index in [0.717, 1.165) is 11.1 Å². The average molecular weight is 519 g/mol. The molecule has 200 valence electrons. The highest BCUT2D eigenvalue weighted by molar-refractivity contribution is 6.01. The number of carboxylic acid groups (broad SMARTS) is 1. The summed E-state index contributed by atoms with van der Waals surface area (Å²) in [5.74, 6) is -0.684. The van der Waals surface area contributed by atoms with Gasteiger partial charge in [0.2, 0.25) is 5.91 Å². The third-order valence-electron chi connectivity index (χ3n) is 6.03. The Balaban J connectivity index is 1.61. The first-order chi connectivity index (χ1) is 18.2. The molecule has 4 N–H and O–H groups in total. The summed E-state index contributed by atoms with van der Waals surface area (Å²) in [5, 5.41) is 17.7. The largest absolute Gasteiger partial charge is 0.495 e. The Kier molecular flexibility index (Phi) is 10.2. The smallest absolute Gasteiger partial charge is 0.323 e. The fourth-order valence-corrected chi connectivity index (χ4v) is 3.97. The second-order valence-corrected chi connectivity index (χ2v) is 8.95. The maximum Gasteiger partial charge on any atom is 0.323 e. The number of rotatable bonds is 12. The number of ether oxygens (including phenoxy) is 1. The highest BCUT2D eigenvalue weighted by Crippen LogP contribution is 2.26. The Morgan fingerprint density at radius 3 is 2.29 bits per heavy atom. The van der Waals surface area contributed by atoms with Crippen molar-refractivity contribution >= 4 is 29.3 Å². The van der Waals surface area contributed by atoms with Gasteiger partial charge in [-0.1, -0.05) is 54.6 Å². The van der Waals surface area contributed by atoms with Crippen LogP contribution in [-0.2, 0) is 22.6 Å². The number of nitrogens with one attached hydrogen (secondary N) is 3. The highest BCUT2D eigenvalue weighted by atomic mass is 16.5. The minimum Gasteiger partial charge on any atom is -0.495 e. The van der Waals surface area contributed by atoms with E-state index in [1.807, 2.05) is 73.3 Å². The van der Waals surface area contributed by atoms with Crippen LogP contribution in [-0.4, -0.2) is 47.7 Å². The van der Waals surface area contributed by atoms with E-state index >= 15 is 0 Å². The van der Waals surface area contributed by atoms with Crippen LogP contribution in [0.25, 0.3) is 0 Å². The molecule has 0 aliphatic carbocycles. The van der Waals surface area contributed by atoms with Gasteiger partial charge in [-0.3, -0.25) is 14.5 Å². The van der Waals surface area contributed by atoms with Crippen molar-refractivity contribution in [2.45, 2.75) is 39.4 Å². The predicted molar refractivity (Wildman–Crippen MR) is 147 cm³/mol. The Hall–Kier alpha value is -4.37. The molecule has 9 heteroatoms. The van der Waals surface area contributed by atoms with E-state index in [2.05, 4.69) is 16.0 Å². The zero-order valence-corrected chi connectivity index (χ0v) is 21.9. The molecule has 0 aliphatic heterocycles. The van der Waals surface area contributed by atoms with Gasteiger partial charge in [0.05, 0.1) is 31.8 Å². The van der Waals surface area contributed by atoms with Crippen molar-refractivity contribution in [3.63, 3.8) is 0 Å². The third kappa shape index (κ3) is 8.63. The van der Waals surface area contributed by atoms with Crippen molar-refractivity contribution in [2.75, 3.05) is 24.3 Å². The molecule has 0 saturated heterocycles. The lowest BCUT2D eigenvalue weighted by Gasteiger charge is -2.29. The Morgan fingerprint density at radius 2 is 1.61 bits per heavy atom. The first-order valence-corrected chi connectivity index (χ1v) is 12.3. The molecular weight excluding hydrogens is 484 g/mol. The van der Waals surface area contributed by atoms with Crippen LogP contribution in [0.1, 0.15) is 30.0 Å². The normalized spacial score (nSPS) is 11.5. The molecule has 0 spiro atoms. The average Bonchev–Trinajstić information content (AvgIpc) is 2.89. The van der Waals surface area contributed by atoms with Gasteiger partial charge in [-0.2, -0.15) is 0 Å². The van der Waals surface area contributed by atoms with Crippen LogP contribution in [0.4, 0.5) is 16.2 Å². The van der Waals surface area contributed by atoms with Crippen LogP contribution in [0, 0.1) is 6.92 Å². The Bertz CT molecular complexity index is 1250. The maximum absolute atomic E-state index is 12.8. The van der Waals surface area contributed by atoms with E-state index in [1.54, 1.807) is 18.2 Å². The monoisotopic (exact) mass is 518 g/mol. The van der Waals surface area contributed by atoms with Crippen molar-refractivity contribution in [2.24, 2.45) is 0 Å². The molecule has 9 nitrogen and oxygen atoms in total. The van der Waals surface area contributed by atoms with E-state index in [-0.39, 0.29) is 24.9 Å². The van der Waals surface area contributed by atoms with E-state index in [1.165, 1.54) is 7.11 Å². The Morgan fingerprint density at radius 1 is 0.921 bits per heavy atom. The molecule has 1 unspecified atom stereocenters. The number of nitrogens with zero attached hydrogens (tertiary/aromatic N) is 1. The lowest BCUT2D eigenvalue weighted by molar-refractivity contribution is -0.137. The van der Waals surface area contributed by atoms with Gasteiger partial charge in [0, 0.05) is 18.8 Å². The second kappa shape index (κ2) is 13.8. The number of aryl methyl sites for hydroxylation is 1. The number of hydrogen-bond acceptors (Lipinski definition) is 5. The summed E-state index contributed by atoms with van der Waals surface area (Å²) in [6.07, 6.45) is -0.319. The summed E-state index contributed by atoms with van der Waals surface area (Å²) in [6.45, 7) is 4.55. The predicted octanol–water partition coefficient (Wildman–Crippen LogP) is 4.63. The number of carbonyl (C=O) groups is 3. The van der Waals surface area contributed by atoms with Crippen LogP contribution in [0.3, 0.4) is 0 Å². The second-order valence-electron chi connectivity index (χ2n) is 8.95. The van der Waals surface area contributed by atoms with Crippen LogP contribution in [0.2, 0.25) is 0 Å². The minimum absolute atomic E-state index is 0.0316. The number of carboxylic acids is 1. The van der Waals surface area contributed by atoms with Crippen LogP contribution in [0.15, 0.2) is 72.8 Å². The molecule has 3 aromatic rings. The number of urea groups is 1. The van der Waals surface area contributed by atoms with Gasteiger partial charge in [0.25, 0.3) is 0 Å². The van der Waals surface area contributed by atoms with Gasteiger partial charge >= 0.3 is 12.0 Å². The number of anilines is 2. The number of carbonyl (C=O) groups excluding carboxylic acids is 2. The van der Waals surface area contributed by atoms with Gasteiger partial charge < -0.3 is 25.8 Å². The van der Waals surface area contributed by atoms with Crippen molar-refractivity contribution < 1.29 is 24.2 Å². The summed E-state index contributed by atoms with van der Waals surface area (Å²) < 4.78 is 5.44. The number of benzene rings is 3. The summed E-state index contributed by atoms with van der Waals surface area (Å²) in [6, 6.07) is 21.9. The minimum atomic E-state index is -0.894. The summed E-state index contributed by atoms with van der Waals surface area (Å²) >= 11 is 0. The lowest BCUT2D eigenvalue weighted by Crippen LogP contribution is -2.47. The van der Waals surface area contributed by atoms with E-state index in [9.17, 15) is 14.4 Å². The zero-order valence-electron chi connectivity index (χ0n) is 21.9. The summed E-state index contributed by atoms with van der Waals surface area (Å²) in [5.41, 5.74) is 3.85. The molecule has 3 rings (SSSR count). The van der Waals surface area contributed by atoms with Crippen molar-refractivity contribution in [3.8, 4) is 5.75 Å². The van der Waals surface area contributed by atoms with Crippen LogP contribution < -0.4 is 20.7 Å². The molecule has 0 saturated carbocycles. The molecule has 3 aromatic carbocycles. The molecule has 0 bridgehead atoms. The van der Waals surface area contributed by atoms with Gasteiger partial charge in [0.1, 0.15) is 5.75 Å². The van der Waals surface area contributed by atoms with Crippen LogP contribution in [0.5, 0.6) is 5.75 Å². The topological polar surface area (TPSA) is 120 Å². The highest BCUT2D eigenvalue weighted by Gasteiger charge is 2.18. The van der Waals surface area contributed by atoms with Crippen LogP contribution >= 0.6 is 0 Å². The standard InChI is InChI=1S/C29H34N4O5/c1-20-9-7-8-12-24(20)31-29(37)32-25-14-13-23(17-26(25)38-3)18-27(34)30-21(2)33(16-15-28(35)36)19-22-10-5-4-6-11-22/h4-14,17,21H,15-16,18-19H2,1-3H3,(H,30,34)(H,35,36)(H2,31,32,37). The van der Waals surface area contributed by atoms with E-state index in [4.69, 9.17) is 9.84 Å². The zero-order chi connectivity index (χ0) is 27.5. The number of methoxy groups -OCH3 is 1. The SMILES string of the molecule is COc1cc(CC(=O)NC(C)N(CCC(=O)O)Cc2ccccc2)ccc1NC(=O)Nc1ccccc1C. The van der Waals surface area contributed by atoms with Gasteiger partial charge in [0.15, 0.2) is 0 Å². The molecule has 1 atom stereocenters. The fraction of sp³-hybridized carbons (Fsp3) is 0.276. The van der Waals surface area contributed by atoms with E-state index in [0.29, 0.717) is 35.8 Å². The molecule has 0 fully saturated rings. The van der Waals surface area contributed by atoms with Crippen molar-refractivity contribution in [1.29, 1.82) is 0 Å². The lowest BCUT2D eigenvalue weighted by atomic mass is 10.1. The van der Waals surface area contributed by atoms with Crippen molar-refractivity contribution in [1.82, 2.24) is 10.2 Å². The first kappa shape index (κ1) is 28.2. The molecule has 0 radical (unpaired) electrons. The van der Waals surface area contributed by atoms with Gasteiger partial charge in [-0.25, -0.2) is 4.79 Å². The van der Waals surface area contributed by atoms with Gasteiger partial charge in [-0.15, -0.1) is 0 Å². The molecule has 0 aliphatic rings. The van der Waals surface area contributed by atoms with E-state index < -0.39 is 12.0 Å². The fourth-order valence-electron chi connectivity index (χ4n) is 3.97. The number of para-hydroxylation sites is 1. The maximum atomic E-state index is 12.8. The first-order valence-electron chi connectivity index (χ1n) is 12.3. The Labute approximate surface area is 222 Å². The molecule has 0 heterocycles. The van der Waals surface area contributed by atoms with Gasteiger partial charge in [-0.05, 0) is 48.7 Å². The molecule has 0 aromatic heterocycles. The molecule has 3 amide bonds. The number of hydrogen-bond donors (Lipinski definition) is 4. The quantitative estimate of drug-likeness (QED) is 0.260. The third-order valence-corrected chi connectivity index (χ3v) is 6.03. The number of aliphatic carboxylic acids is 1. The molecule has 38 heavy (non-hydrogen) atoms. The molecular formula is C29H34N4O5. The number of amides is 3. The summed E-state index contributed by atoms with van der Waals surface area (Å²) in [7, 11) is 1.50. The van der Waals surface area contributed by atoms with Crippen molar-refractivity contribution in [3.05, 3.63) is 89.5 Å². The summed E-state index contributed by atoms with van der Waals surface area (Å²) in [4.78, 5) is 38.4.